The van der Waals surface area contributed by atoms with E-state index in [0.29, 0.717) is 26.1 Å². The lowest BCUT2D eigenvalue weighted by Gasteiger charge is -2.24. The SMILES string of the molecule is CCc1c(C)c2cc3[nH]c(cc4nc(c5c6nc(cc1[nH]2)C(C)=C6C1(C5)OCCO1)[C@@H](CCC(=O)OC)[C@@H]4C)c(C)c3/C=C/C(=O)OC. The van der Waals surface area contributed by atoms with Crippen LogP contribution in [0.4, 0.5) is 0 Å². The van der Waals surface area contributed by atoms with Crippen molar-refractivity contribution in [2.75, 3.05) is 27.4 Å². The highest BCUT2D eigenvalue weighted by Gasteiger charge is 2.52. The second kappa shape index (κ2) is 12.2. The summed E-state index contributed by atoms with van der Waals surface area (Å²) < 4.78 is 22.8. The van der Waals surface area contributed by atoms with Crippen molar-refractivity contribution in [3.8, 4) is 0 Å². The zero-order valence-corrected chi connectivity index (χ0v) is 28.6. The number of methoxy groups -OCH3 is 2. The Bertz CT molecular complexity index is 2080. The van der Waals surface area contributed by atoms with Gasteiger partial charge in [0.05, 0.1) is 44.5 Å². The Kier molecular flexibility index (Phi) is 8.12. The maximum Gasteiger partial charge on any atom is 0.330 e. The first-order valence-electron chi connectivity index (χ1n) is 16.7. The maximum atomic E-state index is 12.4. The highest BCUT2D eigenvalue weighted by atomic mass is 16.7. The number of hydrogen-bond donors (Lipinski definition) is 2. The van der Waals surface area contributed by atoms with Gasteiger partial charge in [0.25, 0.3) is 0 Å². The molecule has 3 aromatic rings. The first-order valence-corrected chi connectivity index (χ1v) is 16.7. The molecule has 3 aliphatic heterocycles. The van der Waals surface area contributed by atoms with Gasteiger partial charge in [0.2, 0.25) is 5.79 Å². The molecule has 3 aromatic heterocycles. The molecule has 2 atom stereocenters. The third-order valence-corrected chi connectivity index (χ3v) is 10.5. The predicted molar refractivity (Wildman–Crippen MR) is 184 cm³/mol. The molecule has 0 saturated carbocycles. The van der Waals surface area contributed by atoms with Crippen molar-refractivity contribution in [1.29, 1.82) is 0 Å². The van der Waals surface area contributed by atoms with Gasteiger partial charge in [-0.1, -0.05) is 13.8 Å². The Morgan fingerprint density at radius 3 is 2.42 bits per heavy atom. The molecule has 0 aromatic carbocycles. The van der Waals surface area contributed by atoms with Gasteiger partial charge >= 0.3 is 11.9 Å². The lowest BCUT2D eigenvalue weighted by Crippen LogP contribution is -2.30. The summed E-state index contributed by atoms with van der Waals surface area (Å²) in [5.41, 5.74) is 14.5. The van der Waals surface area contributed by atoms with Crippen LogP contribution in [0.2, 0.25) is 0 Å². The molecule has 1 aliphatic carbocycles. The average molecular weight is 651 g/mol. The fourth-order valence-electron chi connectivity index (χ4n) is 7.87. The van der Waals surface area contributed by atoms with E-state index in [2.05, 4.69) is 55.9 Å². The van der Waals surface area contributed by atoms with Gasteiger partial charge < -0.3 is 28.9 Å². The van der Waals surface area contributed by atoms with E-state index in [0.717, 1.165) is 84.7 Å². The van der Waals surface area contributed by atoms with Gasteiger partial charge in [0, 0.05) is 75.2 Å². The molecule has 1 saturated heterocycles. The quantitative estimate of drug-likeness (QED) is 0.222. The predicted octanol–water partition coefficient (Wildman–Crippen LogP) is 6.75. The number of nitrogens with one attached hydrogen (secondary N) is 2. The van der Waals surface area contributed by atoms with E-state index < -0.39 is 11.8 Å². The topological polar surface area (TPSA) is 128 Å². The number of aryl methyl sites for hydroxylation is 3. The molecule has 4 aliphatic rings. The second-order valence-electron chi connectivity index (χ2n) is 13.1. The number of carbonyl (C=O) groups excluding carboxylic acids is 2. The number of H-pyrrole nitrogens is 2. The Morgan fingerprint density at radius 2 is 1.71 bits per heavy atom. The minimum Gasteiger partial charge on any atom is -0.469 e. The van der Waals surface area contributed by atoms with Crippen LogP contribution in [-0.2, 0) is 41.4 Å². The number of rotatable bonds is 6. The van der Waals surface area contributed by atoms with Crippen molar-refractivity contribution in [1.82, 2.24) is 19.9 Å². The van der Waals surface area contributed by atoms with Gasteiger partial charge in [0.15, 0.2) is 0 Å². The summed E-state index contributed by atoms with van der Waals surface area (Å²) in [6.45, 7) is 11.6. The monoisotopic (exact) mass is 650 g/mol. The van der Waals surface area contributed by atoms with Crippen LogP contribution in [-0.4, -0.2) is 65.1 Å². The number of carbonyl (C=O) groups is 2. The minimum atomic E-state index is -0.908. The Morgan fingerprint density at radius 1 is 0.979 bits per heavy atom. The summed E-state index contributed by atoms with van der Waals surface area (Å²) in [4.78, 5) is 42.5. The lowest BCUT2D eigenvalue weighted by molar-refractivity contribution is -0.140. The number of ether oxygens (including phenoxy) is 4. The number of fused-ring (bicyclic) bond motifs is 9. The molecule has 10 nitrogen and oxygen atoms in total. The van der Waals surface area contributed by atoms with Crippen LogP contribution in [0.5, 0.6) is 0 Å². The van der Waals surface area contributed by atoms with Gasteiger partial charge in [-0.2, -0.15) is 0 Å². The Labute approximate surface area is 279 Å². The van der Waals surface area contributed by atoms with Crippen LogP contribution < -0.4 is 0 Å². The summed E-state index contributed by atoms with van der Waals surface area (Å²) in [6.07, 6.45) is 5.44. The zero-order chi connectivity index (χ0) is 33.9. The highest BCUT2D eigenvalue weighted by Crippen LogP contribution is 2.53. The van der Waals surface area contributed by atoms with Crippen molar-refractivity contribution in [3.63, 3.8) is 0 Å². The van der Waals surface area contributed by atoms with Gasteiger partial charge in [0.1, 0.15) is 0 Å². The van der Waals surface area contributed by atoms with Crippen LogP contribution in [0.1, 0.15) is 96.0 Å². The highest BCUT2D eigenvalue weighted by molar-refractivity contribution is 5.98. The van der Waals surface area contributed by atoms with Crippen LogP contribution in [0.25, 0.3) is 39.3 Å². The van der Waals surface area contributed by atoms with Crippen LogP contribution in [0, 0.1) is 13.8 Å². The van der Waals surface area contributed by atoms with Crippen molar-refractivity contribution < 1.29 is 28.5 Å². The van der Waals surface area contributed by atoms with E-state index in [1.807, 2.05) is 6.92 Å². The average Bonchev–Trinajstić information content (AvgIpc) is 3.91. The molecule has 1 fully saturated rings. The van der Waals surface area contributed by atoms with Crippen LogP contribution >= 0.6 is 0 Å². The minimum absolute atomic E-state index is 0.00411. The van der Waals surface area contributed by atoms with Gasteiger partial charge in [-0.15, -0.1) is 0 Å². The smallest absolute Gasteiger partial charge is 0.330 e. The van der Waals surface area contributed by atoms with E-state index in [-0.39, 0.29) is 24.2 Å². The molecule has 250 valence electrons. The molecule has 7 rings (SSSR count). The first-order chi connectivity index (χ1) is 23.1. The maximum absolute atomic E-state index is 12.4. The molecular weight excluding hydrogens is 608 g/mol. The van der Waals surface area contributed by atoms with Crippen LogP contribution in [0.15, 0.2) is 24.3 Å². The summed E-state index contributed by atoms with van der Waals surface area (Å²) in [7, 11) is 2.79. The summed E-state index contributed by atoms with van der Waals surface area (Å²) in [6, 6.07) is 6.33. The molecule has 1 spiro atoms. The van der Waals surface area contributed by atoms with E-state index in [9.17, 15) is 9.59 Å². The lowest BCUT2D eigenvalue weighted by atomic mass is 9.85. The fraction of sp³-hybridized carbons (Fsp3) is 0.421. The van der Waals surface area contributed by atoms with Gasteiger partial charge in [-0.25, -0.2) is 9.78 Å². The van der Waals surface area contributed by atoms with Gasteiger partial charge in [-0.05, 0) is 80.2 Å². The molecule has 6 heterocycles. The number of hydrogen-bond acceptors (Lipinski definition) is 8. The summed E-state index contributed by atoms with van der Waals surface area (Å²) >= 11 is 0. The third-order valence-electron chi connectivity index (χ3n) is 10.5. The molecule has 10 heteroatoms. The second-order valence-corrected chi connectivity index (χ2v) is 13.1. The molecule has 0 amide bonds. The normalized spacial score (nSPS) is 19.6. The van der Waals surface area contributed by atoms with E-state index >= 15 is 0 Å². The number of aromatic nitrogens is 4. The number of allylic oxidation sites excluding steroid dienone is 1. The largest absolute Gasteiger partial charge is 0.469 e. The zero-order valence-electron chi connectivity index (χ0n) is 28.6. The molecule has 2 N–H and O–H groups in total. The molecule has 0 radical (unpaired) electrons. The molecule has 8 bridgehead atoms. The van der Waals surface area contributed by atoms with Crippen molar-refractivity contribution in [2.24, 2.45) is 0 Å². The Hall–Kier alpha value is -4.54. The molecule has 0 unspecified atom stereocenters. The standard InChI is InChI=1S/C38H42N4O6/c1-8-23-19(2)28-16-32-24(9-11-33(43)45-6)20(3)27(40-32)15-29-21(4)25(10-12-34(44)46-7)36(41-29)26-18-38(47-13-14-48-38)35-22(5)30(42-37(26)35)17-31(23)39-28/h9,11,15-17,21,25,39-40H,8,10,12-14,18H2,1-7H3/b11-9+,27-15?,28-16?,29-15?,30-17?,31-17?,32-16?,36-26?/t21-,25-/m0/s1. The van der Waals surface area contributed by atoms with Crippen molar-refractivity contribution >= 4 is 51.2 Å². The van der Waals surface area contributed by atoms with Gasteiger partial charge in [-0.3, -0.25) is 9.78 Å². The van der Waals surface area contributed by atoms with Crippen molar-refractivity contribution in [3.05, 3.63) is 74.9 Å². The first kappa shape index (κ1) is 32.0. The number of nitrogens with zero attached hydrogens (tertiary/aromatic N) is 2. The number of esters is 2. The van der Waals surface area contributed by atoms with E-state index in [4.69, 9.17) is 28.9 Å². The Balaban J connectivity index is 1.59. The van der Waals surface area contributed by atoms with E-state index in [1.54, 1.807) is 6.08 Å². The molecule has 48 heavy (non-hydrogen) atoms. The molecular formula is C38H42N4O6. The van der Waals surface area contributed by atoms with Crippen LogP contribution in [0.3, 0.4) is 0 Å². The van der Waals surface area contributed by atoms with E-state index in [1.165, 1.54) is 25.9 Å². The summed E-state index contributed by atoms with van der Waals surface area (Å²) in [5.74, 6) is -1.62. The van der Waals surface area contributed by atoms with Crippen molar-refractivity contribution in [2.45, 2.75) is 77.9 Å². The number of aromatic amines is 2. The summed E-state index contributed by atoms with van der Waals surface area (Å²) in [5, 5.41) is 0. The fourth-order valence-corrected chi connectivity index (χ4v) is 7.87. The third kappa shape index (κ3) is 5.09.